The Kier molecular flexibility index (Phi) is 7.41. The van der Waals surface area contributed by atoms with Crippen molar-refractivity contribution in [1.82, 2.24) is 5.32 Å². The van der Waals surface area contributed by atoms with E-state index in [1.165, 1.54) is 33.5 Å². The molecule has 2 aromatic rings. The molecule has 2 amide bonds. The lowest BCUT2D eigenvalue weighted by Gasteiger charge is -2.18. The Morgan fingerprint density at radius 1 is 1.00 bits per heavy atom. The maximum atomic E-state index is 12.5. The van der Waals surface area contributed by atoms with E-state index >= 15 is 0 Å². The van der Waals surface area contributed by atoms with Crippen LogP contribution in [-0.2, 0) is 16.0 Å². The first-order chi connectivity index (χ1) is 13.9. The Bertz CT molecular complexity index is 884. The van der Waals surface area contributed by atoms with Crippen LogP contribution in [0.15, 0.2) is 42.5 Å². The molecule has 2 rings (SSSR count). The number of amides is 2. The second kappa shape index (κ2) is 9.98. The van der Waals surface area contributed by atoms with Gasteiger partial charge in [-0.25, -0.2) is 14.4 Å². The molecule has 3 N–H and O–H groups in total. The number of urea groups is 1. The van der Waals surface area contributed by atoms with E-state index in [2.05, 4.69) is 10.6 Å². The first kappa shape index (κ1) is 21.5. The van der Waals surface area contributed by atoms with E-state index in [9.17, 15) is 19.5 Å². The van der Waals surface area contributed by atoms with Gasteiger partial charge in [-0.05, 0) is 5.56 Å². The Balaban J connectivity index is 2.23. The molecule has 0 saturated heterocycles. The minimum atomic E-state index is -1.27. The molecular formula is C20H22N2O7. The van der Waals surface area contributed by atoms with Crippen LogP contribution in [0.5, 0.6) is 11.5 Å². The largest absolute Gasteiger partial charge is 0.493 e. The number of rotatable bonds is 8. The molecule has 9 heteroatoms. The van der Waals surface area contributed by atoms with Crippen LogP contribution < -0.4 is 20.1 Å². The van der Waals surface area contributed by atoms with Gasteiger partial charge in [0.15, 0.2) is 11.5 Å². The van der Waals surface area contributed by atoms with Gasteiger partial charge in [0, 0.05) is 18.6 Å². The maximum Gasteiger partial charge on any atom is 0.337 e. The topological polar surface area (TPSA) is 123 Å². The SMILES string of the molecule is COC(=O)C(Cc1ccccc1)NC(=O)Nc1cc(OC)c(OC)cc1C(=O)O. The van der Waals surface area contributed by atoms with E-state index in [0.29, 0.717) is 0 Å². The standard InChI is InChI=1S/C20H22N2O7/c1-27-16-10-13(18(23)24)14(11-17(16)28-2)21-20(26)22-15(19(25)29-3)9-12-7-5-4-6-8-12/h4-8,10-11,15H,9H2,1-3H3,(H,23,24)(H2,21,22,26). The first-order valence-electron chi connectivity index (χ1n) is 8.58. The number of hydrogen-bond acceptors (Lipinski definition) is 6. The summed E-state index contributed by atoms with van der Waals surface area (Å²) in [6.07, 6.45) is 0.207. The lowest BCUT2D eigenvalue weighted by molar-refractivity contribution is -0.142. The fourth-order valence-corrected chi connectivity index (χ4v) is 2.66. The summed E-state index contributed by atoms with van der Waals surface area (Å²) in [5.74, 6) is -1.46. The summed E-state index contributed by atoms with van der Waals surface area (Å²) >= 11 is 0. The second-order valence-corrected chi connectivity index (χ2v) is 5.92. The zero-order valence-corrected chi connectivity index (χ0v) is 16.2. The summed E-state index contributed by atoms with van der Waals surface area (Å²) in [5, 5.41) is 14.4. The number of aromatic carboxylic acids is 1. The van der Waals surface area contributed by atoms with Crippen LogP contribution in [0, 0.1) is 0 Å². The number of hydrogen-bond donors (Lipinski definition) is 3. The molecule has 2 aromatic carbocycles. The molecule has 29 heavy (non-hydrogen) atoms. The summed E-state index contributed by atoms with van der Waals surface area (Å²) in [6, 6.07) is 9.91. The highest BCUT2D eigenvalue weighted by molar-refractivity contribution is 6.01. The van der Waals surface area contributed by atoms with Crippen molar-refractivity contribution in [3.63, 3.8) is 0 Å². The number of ether oxygens (including phenoxy) is 3. The molecule has 0 aliphatic heterocycles. The Morgan fingerprint density at radius 2 is 1.62 bits per heavy atom. The average Bonchev–Trinajstić information content (AvgIpc) is 2.72. The van der Waals surface area contributed by atoms with Crippen molar-refractivity contribution in [2.24, 2.45) is 0 Å². The van der Waals surface area contributed by atoms with Gasteiger partial charge in [-0.2, -0.15) is 0 Å². The van der Waals surface area contributed by atoms with Crippen molar-refractivity contribution in [3.05, 3.63) is 53.6 Å². The monoisotopic (exact) mass is 402 g/mol. The van der Waals surface area contributed by atoms with Crippen LogP contribution in [0.2, 0.25) is 0 Å². The van der Waals surface area contributed by atoms with E-state index in [0.717, 1.165) is 5.56 Å². The van der Waals surface area contributed by atoms with Gasteiger partial charge in [0.1, 0.15) is 6.04 Å². The van der Waals surface area contributed by atoms with E-state index < -0.39 is 24.0 Å². The summed E-state index contributed by atoms with van der Waals surface area (Å²) < 4.78 is 15.0. The predicted molar refractivity (Wildman–Crippen MR) is 105 cm³/mol. The lowest BCUT2D eigenvalue weighted by atomic mass is 10.1. The quantitative estimate of drug-likeness (QED) is 0.579. The summed E-state index contributed by atoms with van der Waals surface area (Å²) in [5.41, 5.74) is 0.604. The molecule has 0 saturated carbocycles. The van der Waals surface area contributed by atoms with Crippen LogP contribution in [0.3, 0.4) is 0 Å². The van der Waals surface area contributed by atoms with E-state index in [-0.39, 0.29) is 29.2 Å². The number of methoxy groups -OCH3 is 3. The third-order valence-corrected chi connectivity index (χ3v) is 4.08. The number of benzene rings is 2. The van der Waals surface area contributed by atoms with Crippen molar-refractivity contribution < 1.29 is 33.7 Å². The van der Waals surface area contributed by atoms with Crippen LogP contribution >= 0.6 is 0 Å². The molecule has 9 nitrogen and oxygen atoms in total. The van der Waals surface area contributed by atoms with E-state index in [1.54, 1.807) is 0 Å². The maximum absolute atomic E-state index is 12.5. The molecule has 0 radical (unpaired) electrons. The van der Waals surface area contributed by atoms with Gasteiger partial charge in [-0.3, -0.25) is 0 Å². The molecule has 0 fully saturated rings. The minimum Gasteiger partial charge on any atom is -0.493 e. The van der Waals surface area contributed by atoms with Crippen LogP contribution in [0.1, 0.15) is 15.9 Å². The fourth-order valence-electron chi connectivity index (χ4n) is 2.66. The van der Waals surface area contributed by atoms with Gasteiger partial charge in [0.2, 0.25) is 0 Å². The van der Waals surface area contributed by atoms with Gasteiger partial charge in [-0.1, -0.05) is 30.3 Å². The van der Waals surface area contributed by atoms with Crippen LogP contribution in [0.25, 0.3) is 0 Å². The highest BCUT2D eigenvalue weighted by atomic mass is 16.5. The third-order valence-electron chi connectivity index (χ3n) is 4.08. The Morgan fingerprint density at radius 3 is 2.17 bits per heavy atom. The summed E-state index contributed by atoms with van der Waals surface area (Å²) in [4.78, 5) is 36.1. The smallest absolute Gasteiger partial charge is 0.337 e. The number of anilines is 1. The highest BCUT2D eigenvalue weighted by Gasteiger charge is 2.24. The molecule has 0 bridgehead atoms. The van der Waals surface area contributed by atoms with Crippen LogP contribution in [0.4, 0.5) is 10.5 Å². The first-order valence-corrected chi connectivity index (χ1v) is 8.58. The van der Waals surface area contributed by atoms with Gasteiger partial charge in [0.25, 0.3) is 0 Å². The molecule has 0 heterocycles. The van der Waals surface area contributed by atoms with E-state index in [4.69, 9.17) is 14.2 Å². The zero-order valence-electron chi connectivity index (χ0n) is 16.2. The molecule has 154 valence electrons. The Labute approximate surface area is 167 Å². The number of carboxylic acids is 1. The zero-order chi connectivity index (χ0) is 21.4. The lowest BCUT2D eigenvalue weighted by Crippen LogP contribution is -2.45. The molecule has 1 atom stereocenters. The summed E-state index contributed by atoms with van der Waals surface area (Å²) in [6.45, 7) is 0. The Hall–Kier alpha value is -3.75. The molecule has 1 unspecified atom stereocenters. The number of carbonyl (C=O) groups excluding carboxylic acids is 2. The predicted octanol–water partition coefficient (Wildman–Crippen LogP) is 2.31. The second-order valence-electron chi connectivity index (χ2n) is 5.92. The fraction of sp³-hybridized carbons (Fsp3) is 0.250. The normalized spacial score (nSPS) is 11.1. The molecule has 0 aliphatic rings. The summed E-state index contributed by atoms with van der Waals surface area (Å²) in [7, 11) is 3.97. The number of carboxylic acid groups (broad SMARTS) is 1. The van der Waals surface area contributed by atoms with Crippen molar-refractivity contribution in [1.29, 1.82) is 0 Å². The van der Waals surface area contributed by atoms with Gasteiger partial charge >= 0.3 is 18.0 Å². The number of nitrogens with one attached hydrogen (secondary N) is 2. The number of carbonyl (C=O) groups is 3. The van der Waals surface area contributed by atoms with Gasteiger partial charge < -0.3 is 30.0 Å². The van der Waals surface area contributed by atoms with Crippen molar-refractivity contribution in [2.75, 3.05) is 26.6 Å². The molecule has 0 aromatic heterocycles. The number of esters is 1. The molecule has 0 spiro atoms. The van der Waals surface area contributed by atoms with Gasteiger partial charge in [-0.15, -0.1) is 0 Å². The molecular weight excluding hydrogens is 380 g/mol. The average molecular weight is 402 g/mol. The van der Waals surface area contributed by atoms with Crippen molar-refractivity contribution in [3.8, 4) is 11.5 Å². The van der Waals surface area contributed by atoms with Crippen molar-refractivity contribution in [2.45, 2.75) is 12.5 Å². The molecule has 0 aliphatic carbocycles. The highest BCUT2D eigenvalue weighted by Crippen LogP contribution is 2.33. The van der Waals surface area contributed by atoms with Gasteiger partial charge in [0.05, 0.1) is 32.6 Å². The van der Waals surface area contributed by atoms with Crippen LogP contribution in [-0.4, -0.2) is 50.4 Å². The third kappa shape index (κ3) is 5.61. The minimum absolute atomic E-state index is 0.0176. The van der Waals surface area contributed by atoms with E-state index in [1.807, 2.05) is 30.3 Å². The van der Waals surface area contributed by atoms with Crippen molar-refractivity contribution >= 4 is 23.7 Å².